The highest BCUT2D eigenvalue weighted by Crippen LogP contribution is 2.19. The topological polar surface area (TPSA) is 49.4 Å². The second-order valence-electron chi connectivity index (χ2n) is 6.56. The maximum Gasteiger partial charge on any atom is 0.225 e. The van der Waals surface area contributed by atoms with Gasteiger partial charge in [-0.15, -0.1) is 11.8 Å². The summed E-state index contributed by atoms with van der Waals surface area (Å²) in [6.07, 6.45) is 2.53. The van der Waals surface area contributed by atoms with Crippen LogP contribution in [0.25, 0.3) is 0 Å². The lowest BCUT2D eigenvalue weighted by Crippen LogP contribution is -2.44. The van der Waals surface area contributed by atoms with Crippen molar-refractivity contribution in [3.8, 4) is 0 Å². The van der Waals surface area contributed by atoms with Crippen molar-refractivity contribution in [1.82, 2.24) is 10.2 Å². The molecule has 0 unspecified atom stereocenters. The molecule has 1 heterocycles. The van der Waals surface area contributed by atoms with E-state index in [2.05, 4.69) is 17.4 Å². The first-order valence-corrected chi connectivity index (χ1v) is 9.81. The highest BCUT2D eigenvalue weighted by Gasteiger charge is 2.27. The Hall–Kier alpha value is -1.49. The summed E-state index contributed by atoms with van der Waals surface area (Å²) in [5.41, 5.74) is 0. The van der Waals surface area contributed by atoms with E-state index in [1.807, 2.05) is 48.7 Å². The zero-order valence-electron chi connectivity index (χ0n) is 14.7. The van der Waals surface area contributed by atoms with Crippen LogP contribution in [-0.2, 0) is 9.59 Å². The number of hydrogen-bond donors (Lipinski definition) is 1. The number of nitrogens with one attached hydrogen (secondary N) is 1. The molecule has 0 spiro atoms. The zero-order chi connectivity index (χ0) is 17.4. The molecular weight excluding hydrogens is 320 g/mol. The lowest BCUT2D eigenvalue weighted by atomic mass is 9.95. The average molecular weight is 349 g/mol. The molecule has 4 nitrogen and oxygen atoms in total. The van der Waals surface area contributed by atoms with Crippen molar-refractivity contribution in [3.05, 3.63) is 30.3 Å². The number of nitrogens with zero attached hydrogens (tertiary/aromatic N) is 1. The van der Waals surface area contributed by atoms with Crippen LogP contribution in [0, 0.1) is 11.8 Å². The summed E-state index contributed by atoms with van der Waals surface area (Å²) in [4.78, 5) is 27.3. The molecule has 24 heavy (non-hydrogen) atoms. The van der Waals surface area contributed by atoms with E-state index >= 15 is 0 Å². The van der Waals surface area contributed by atoms with Crippen molar-refractivity contribution >= 4 is 23.6 Å². The molecular formula is C19H28N2O2S. The molecule has 1 aliphatic heterocycles. The molecule has 1 saturated heterocycles. The predicted octanol–water partition coefficient (Wildman–Crippen LogP) is 3.18. The molecule has 2 amide bonds. The fourth-order valence-corrected chi connectivity index (χ4v) is 3.74. The van der Waals surface area contributed by atoms with Gasteiger partial charge in [0.05, 0.1) is 0 Å². The number of carbonyl (C=O) groups excluding carboxylic acids is 2. The number of benzene rings is 1. The third-order valence-corrected chi connectivity index (χ3v) is 5.40. The third kappa shape index (κ3) is 5.86. The second kappa shape index (κ2) is 9.72. The predicted molar refractivity (Wildman–Crippen MR) is 98.9 cm³/mol. The van der Waals surface area contributed by atoms with E-state index in [9.17, 15) is 9.59 Å². The van der Waals surface area contributed by atoms with E-state index in [-0.39, 0.29) is 23.7 Å². The molecule has 2 rings (SSSR count). The van der Waals surface area contributed by atoms with Crippen LogP contribution < -0.4 is 5.32 Å². The van der Waals surface area contributed by atoms with Gasteiger partial charge in [-0.3, -0.25) is 9.59 Å². The van der Waals surface area contributed by atoms with Crippen LogP contribution in [0.2, 0.25) is 0 Å². The number of piperidine rings is 1. The van der Waals surface area contributed by atoms with E-state index < -0.39 is 0 Å². The smallest absolute Gasteiger partial charge is 0.225 e. The maximum absolute atomic E-state index is 12.2. The monoisotopic (exact) mass is 348 g/mol. The average Bonchev–Trinajstić information content (AvgIpc) is 2.61. The van der Waals surface area contributed by atoms with Crippen LogP contribution in [0.5, 0.6) is 0 Å². The molecule has 0 aliphatic carbocycles. The van der Waals surface area contributed by atoms with Gasteiger partial charge in [0, 0.05) is 36.4 Å². The number of carbonyl (C=O) groups is 2. The highest BCUT2D eigenvalue weighted by molar-refractivity contribution is 7.99. The Morgan fingerprint density at radius 1 is 1.21 bits per heavy atom. The first-order chi connectivity index (χ1) is 11.6. The summed E-state index contributed by atoms with van der Waals surface area (Å²) in [6.45, 7) is 5.99. The minimum atomic E-state index is 0.0393. The summed E-state index contributed by atoms with van der Waals surface area (Å²) < 4.78 is 0. The van der Waals surface area contributed by atoms with Crippen molar-refractivity contribution in [3.63, 3.8) is 0 Å². The van der Waals surface area contributed by atoms with Crippen LogP contribution in [0.1, 0.15) is 33.1 Å². The van der Waals surface area contributed by atoms with Gasteiger partial charge in [-0.05, 0) is 37.1 Å². The SMILES string of the molecule is CC(C)C(=O)N1CCC(C(=O)NCCCSc2ccccc2)CC1. The first kappa shape index (κ1) is 18.8. The van der Waals surface area contributed by atoms with Gasteiger partial charge in [0.2, 0.25) is 11.8 Å². The Kier molecular flexibility index (Phi) is 7.63. The van der Waals surface area contributed by atoms with Gasteiger partial charge in [0.15, 0.2) is 0 Å². The summed E-state index contributed by atoms with van der Waals surface area (Å²) in [7, 11) is 0. The van der Waals surface area contributed by atoms with Gasteiger partial charge in [0.25, 0.3) is 0 Å². The van der Waals surface area contributed by atoms with Crippen LogP contribution in [-0.4, -0.2) is 42.1 Å². The minimum absolute atomic E-state index is 0.0393. The van der Waals surface area contributed by atoms with E-state index in [4.69, 9.17) is 0 Å². The number of rotatable bonds is 7. The van der Waals surface area contributed by atoms with E-state index in [0.717, 1.165) is 31.6 Å². The number of amides is 2. The maximum atomic E-state index is 12.2. The van der Waals surface area contributed by atoms with Gasteiger partial charge in [-0.1, -0.05) is 32.0 Å². The molecule has 0 radical (unpaired) electrons. The lowest BCUT2D eigenvalue weighted by molar-refractivity contribution is -0.138. The fraction of sp³-hybridized carbons (Fsp3) is 0.579. The van der Waals surface area contributed by atoms with Crippen molar-refractivity contribution in [2.24, 2.45) is 11.8 Å². The standard InChI is InChI=1S/C19H28N2O2S/c1-15(2)19(23)21-12-9-16(10-13-21)18(22)20-11-6-14-24-17-7-4-3-5-8-17/h3-5,7-8,15-16H,6,9-14H2,1-2H3,(H,20,22). The molecule has 1 aliphatic rings. The van der Waals surface area contributed by atoms with Crippen molar-refractivity contribution < 1.29 is 9.59 Å². The van der Waals surface area contributed by atoms with Crippen LogP contribution in [0.3, 0.4) is 0 Å². The molecule has 1 N–H and O–H groups in total. The Morgan fingerprint density at radius 3 is 2.50 bits per heavy atom. The van der Waals surface area contributed by atoms with Crippen molar-refractivity contribution in [2.45, 2.75) is 38.0 Å². The number of hydrogen-bond acceptors (Lipinski definition) is 3. The number of likely N-dealkylation sites (tertiary alicyclic amines) is 1. The summed E-state index contributed by atoms with van der Waals surface area (Å²) in [5, 5.41) is 3.05. The van der Waals surface area contributed by atoms with E-state index in [1.54, 1.807) is 0 Å². The normalized spacial score (nSPS) is 15.5. The summed E-state index contributed by atoms with van der Waals surface area (Å²) in [5.74, 6) is 1.45. The fourth-order valence-electron chi connectivity index (χ4n) is 2.86. The number of thioether (sulfide) groups is 1. The minimum Gasteiger partial charge on any atom is -0.356 e. The molecule has 0 atom stereocenters. The van der Waals surface area contributed by atoms with Crippen LogP contribution >= 0.6 is 11.8 Å². The molecule has 0 saturated carbocycles. The van der Waals surface area contributed by atoms with Gasteiger partial charge < -0.3 is 10.2 Å². The molecule has 0 bridgehead atoms. The van der Waals surface area contributed by atoms with Crippen molar-refractivity contribution in [2.75, 3.05) is 25.4 Å². The van der Waals surface area contributed by atoms with Gasteiger partial charge in [-0.25, -0.2) is 0 Å². The largest absolute Gasteiger partial charge is 0.356 e. The van der Waals surface area contributed by atoms with Crippen molar-refractivity contribution in [1.29, 1.82) is 0 Å². The molecule has 5 heteroatoms. The first-order valence-electron chi connectivity index (χ1n) is 8.82. The summed E-state index contributed by atoms with van der Waals surface area (Å²) >= 11 is 1.82. The Bertz CT molecular complexity index is 525. The Labute approximate surface area is 149 Å². The highest BCUT2D eigenvalue weighted by atomic mass is 32.2. The van der Waals surface area contributed by atoms with E-state index in [1.165, 1.54) is 4.90 Å². The molecule has 132 valence electrons. The lowest BCUT2D eigenvalue weighted by Gasteiger charge is -2.32. The Balaban J connectivity index is 1.59. The molecule has 1 aromatic rings. The van der Waals surface area contributed by atoms with Gasteiger partial charge in [0.1, 0.15) is 0 Å². The molecule has 0 aromatic heterocycles. The quantitative estimate of drug-likeness (QED) is 0.608. The van der Waals surface area contributed by atoms with Crippen LogP contribution in [0.4, 0.5) is 0 Å². The third-order valence-electron chi connectivity index (χ3n) is 4.30. The zero-order valence-corrected chi connectivity index (χ0v) is 15.5. The van der Waals surface area contributed by atoms with Gasteiger partial charge in [-0.2, -0.15) is 0 Å². The molecule has 1 fully saturated rings. The van der Waals surface area contributed by atoms with Crippen LogP contribution in [0.15, 0.2) is 35.2 Å². The summed E-state index contributed by atoms with van der Waals surface area (Å²) in [6, 6.07) is 10.3. The molecule has 1 aromatic carbocycles. The second-order valence-corrected chi connectivity index (χ2v) is 7.73. The van der Waals surface area contributed by atoms with E-state index in [0.29, 0.717) is 13.1 Å². The van der Waals surface area contributed by atoms with Gasteiger partial charge >= 0.3 is 0 Å². The Morgan fingerprint density at radius 2 is 1.88 bits per heavy atom.